The fourth-order valence-corrected chi connectivity index (χ4v) is 0.513. The minimum absolute atomic E-state index is 0.445. The van der Waals surface area contributed by atoms with E-state index in [0.29, 0.717) is 6.54 Å². The lowest BCUT2D eigenvalue weighted by atomic mass is 10.2. The Morgan fingerprint density at radius 1 is 1.56 bits per heavy atom. The largest absolute Gasteiger partial charge is 0.352 e. The summed E-state index contributed by atoms with van der Waals surface area (Å²) in [6.07, 6.45) is 2.92. The summed E-state index contributed by atoms with van der Waals surface area (Å²) in [5.74, 6) is 0. The molecule has 0 rings (SSSR count). The van der Waals surface area contributed by atoms with Crippen molar-refractivity contribution in [2.45, 2.75) is 19.3 Å². The number of carbonyl (C=O) groups excluding carboxylic acids is 1. The fraction of sp³-hybridized carbons (Fsp3) is 0.667. The van der Waals surface area contributed by atoms with Gasteiger partial charge in [-0.25, -0.2) is 4.79 Å². The third kappa shape index (κ3) is 7.27. The SMILES string of the molecule is [CH2]CCCCNC(N)=O. The van der Waals surface area contributed by atoms with E-state index in [9.17, 15) is 4.79 Å². The minimum atomic E-state index is -0.445. The number of hydrogen-bond donors (Lipinski definition) is 2. The first-order valence-corrected chi connectivity index (χ1v) is 3.10. The Morgan fingerprint density at radius 3 is 2.67 bits per heavy atom. The zero-order valence-corrected chi connectivity index (χ0v) is 5.52. The highest BCUT2D eigenvalue weighted by Gasteiger charge is 1.88. The smallest absolute Gasteiger partial charge is 0.312 e. The second-order valence-electron chi connectivity index (χ2n) is 1.85. The second kappa shape index (κ2) is 5.41. The molecule has 0 aromatic heterocycles. The van der Waals surface area contributed by atoms with Crippen LogP contribution in [0.4, 0.5) is 4.79 Å². The molecular weight excluding hydrogens is 116 g/mol. The van der Waals surface area contributed by atoms with Crippen LogP contribution in [0.3, 0.4) is 0 Å². The van der Waals surface area contributed by atoms with Gasteiger partial charge in [-0.3, -0.25) is 0 Å². The highest BCUT2D eigenvalue weighted by atomic mass is 16.2. The second-order valence-corrected chi connectivity index (χ2v) is 1.85. The van der Waals surface area contributed by atoms with Crippen molar-refractivity contribution in [3.05, 3.63) is 6.92 Å². The molecule has 9 heavy (non-hydrogen) atoms. The first-order valence-electron chi connectivity index (χ1n) is 3.10. The summed E-state index contributed by atoms with van der Waals surface area (Å²) in [6.45, 7) is 4.33. The molecule has 3 N–H and O–H groups in total. The fourth-order valence-electron chi connectivity index (χ4n) is 0.513. The topological polar surface area (TPSA) is 55.1 Å². The van der Waals surface area contributed by atoms with Crippen LogP contribution in [-0.4, -0.2) is 12.6 Å². The Hall–Kier alpha value is -0.730. The quantitative estimate of drug-likeness (QED) is 0.538. The summed E-state index contributed by atoms with van der Waals surface area (Å²) in [4.78, 5) is 10.1. The van der Waals surface area contributed by atoms with Crippen LogP contribution in [0.25, 0.3) is 0 Å². The number of unbranched alkanes of at least 4 members (excludes halogenated alkanes) is 2. The number of hydrogen-bond acceptors (Lipinski definition) is 1. The first-order chi connectivity index (χ1) is 4.27. The van der Waals surface area contributed by atoms with E-state index < -0.39 is 6.03 Å². The molecule has 3 nitrogen and oxygen atoms in total. The lowest BCUT2D eigenvalue weighted by molar-refractivity contribution is 0.249. The van der Waals surface area contributed by atoms with E-state index in [1.54, 1.807) is 0 Å². The molecule has 0 aliphatic heterocycles. The molecule has 2 amide bonds. The number of nitrogens with one attached hydrogen (secondary N) is 1. The third-order valence-electron chi connectivity index (χ3n) is 0.976. The van der Waals surface area contributed by atoms with Gasteiger partial charge in [0.25, 0.3) is 0 Å². The van der Waals surface area contributed by atoms with Crippen molar-refractivity contribution in [1.29, 1.82) is 0 Å². The Bertz CT molecular complexity index is 83.1. The average Bonchev–Trinajstić information content (AvgIpc) is 1.80. The van der Waals surface area contributed by atoms with Crippen LogP contribution >= 0.6 is 0 Å². The number of primary amides is 1. The maximum atomic E-state index is 10.1. The number of urea groups is 1. The number of amides is 2. The van der Waals surface area contributed by atoms with Crippen molar-refractivity contribution in [3.63, 3.8) is 0 Å². The molecule has 3 heteroatoms. The molecule has 0 bridgehead atoms. The maximum Gasteiger partial charge on any atom is 0.312 e. The molecule has 0 fully saturated rings. The highest BCUT2D eigenvalue weighted by Crippen LogP contribution is 1.89. The molecule has 0 spiro atoms. The van der Waals surface area contributed by atoms with Gasteiger partial charge in [-0.15, -0.1) is 0 Å². The lowest BCUT2D eigenvalue weighted by Crippen LogP contribution is -2.29. The molecular formula is C6H13N2O. The molecule has 0 atom stereocenters. The van der Waals surface area contributed by atoms with Crippen LogP contribution in [-0.2, 0) is 0 Å². The summed E-state index contributed by atoms with van der Waals surface area (Å²) < 4.78 is 0. The molecule has 0 unspecified atom stereocenters. The molecule has 0 aromatic rings. The van der Waals surface area contributed by atoms with Crippen LogP contribution < -0.4 is 11.1 Å². The summed E-state index contributed by atoms with van der Waals surface area (Å²) in [5, 5.41) is 2.49. The molecule has 0 aliphatic carbocycles. The molecule has 0 aromatic carbocycles. The van der Waals surface area contributed by atoms with Gasteiger partial charge >= 0.3 is 6.03 Å². The van der Waals surface area contributed by atoms with E-state index >= 15 is 0 Å². The highest BCUT2D eigenvalue weighted by molar-refractivity contribution is 5.71. The van der Waals surface area contributed by atoms with Crippen molar-refractivity contribution in [1.82, 2.24) is 5.32 Å². The molecule has 1 radical (unpaired) electrons. The van der Waals surface area contributed by atoms with E-state index in [4.69, 9.17) is 5.73 Å². The summed E-state index contributed by atoms with van der Waals surface area (Å²) in [5.41, 5.74) is 4.81. The van der Waals surface area contributed by atoms with Gasteiger partial charge in [0.2, 0.25) is 0 Å². The monoisotopic (exact) mass is 129 g/mol. The summed E-state index contributed by atoms with van der Waals surface area (Å²) in [7, 11) is 0. The van der Waals surface area contributed by atoms with E-state index in [1.807, 2.05) is 0 Å². The van der Waals surface area contributed by atoms with Gasteiger partial charge in [-0.05, 0) is 6.42 Å². The normalized spacial score (nSPS) is 9.00. The number of carbonyl (C=O) groups is 1. The van der Waals surface area contributed by atoms with E-state index in [1.165, 1.54) is 0 Å². The van der Waals surface area contributed by atoms with Crippen molar-refractivity contribution >= 4 is 6.03 Å². The van der Waals surface area contributed by atoms with Crippen molar-refractivity contribution in [2.24, 2.45) is 5.73 Å². The van der Waals surface area contributed by atoms with Crippen LogP contribution in [0, 0.1) is 6.92 Å². The van der Waals surface area contributed by atoms with E-state index in [-0.39, 0.29) is 0 Å². The lowest BCUT2D eigenvalue weighted by Gasteiger charge is -1.97. The zero-order valence-electron chi connectivity index (χ0n) is 5.52. The molecule has 0 saturated carbocycles. The Kier molecular flexibility index (Phi) is 4.97. The van der Waals surface area contributed by atoms with Gasteiger partial charge in [0.15, 0.2) is 0 Å². The third-order valence-corrected chi connectivity index (χ3v) is 0.976. The Morgan fingerprint density at radius 2 is 2.22 bits per heavy atom. The van der Waals surface area contributed by atoms with Crippen molar-refractivity contribution < 1.29 is 4.79 Å². The molecule has 0 saturated heterocycles. The van der Waals surface area contributed by atoms with Crippen LogP contribution in [0.1, 0.15) is 19.3 Å². The van der Waals surface area contributed by atoms with Gasteiger partial charge in [0.1, 0.15) is 0 Å². The maximum absolute atomic E-state index is 10.1. The van der Waals surface area contributed by atoms with Gasteiger partial charge in [-0.1, -0.05) is 19.8 Å². The van der Waals surface area contributed by atoms with Crippen LogP contribution in [0.2, 0.25) is 0 Å². The van der Waals surface area contributed by atoms with E-state index in [2.05, 4.69) is 12.2 Å². The molecule has 0 aliphatic rings. The van der Waals surface area contributed by atoms with Crippen LogP contribution in [0.5, 0.6) is 0 Å². The van der Waals surface area contributed by atoms with Gasteiger partial charge in [0, 0.05) is 6.54 Å². The average molecular weight is 129 g/mol. The standard InChI is InChI=1S/C6H13N2O/c1-2-3-4-5-8-6(7)9/h1-5H2,(H3,7,8,9). The van der Waals surface area contributed by atoms with E-state index in [0.717, 1.165) is 19.3 Å². The summed E-state index contributed by atoms with van der Waals surface area (Å²) >= 11 is 0. The van der Waals surface area contributed by atoms with Crippen molar-refractivity contribution in [3.8, 4) is 0 Å². The Labute approximate surface area is 55.6 Å². The molecule has 53 valence electrons. The first kappa shape index (κ1) is 8.27. The zero-order chi connectivity index (χ0) is 7.11. The van der Waals surface area contributed by atoms with Crippen LogP contribution in [0.15, 0.2) is 0 Å². The Balaban J connectivity index is 2.83. The predicted octanol–water partition coefficient (Wildman–Crippen LogP) is 0.659. The number of rotatable bonds is 4. The number of nitrogens with two attached hydrogens (primary N) is 1. The predicted molar refractivity (Wildman–Crippen MR) is 36.8 cm³/mol. The van der Waals surface area contributed by atoms with Gasteiger partial charge in [-0.2, -0.15) is 0 Å². The summed E-state index contributed by atoms with van der Waals surface area (Å²) in [6, 6.07) is -0.445. The van der Waals surface area contributed by atoms with Crippen molar-refractivity contribution in [2.75, 3.05) is 6.54 Å². The van der Waals surface area contributed by atoms with Gasteiger partial charge in [0.05, 0.1) is 0 Å². The minimum Gasteiger partial charge on any atom is -0.352 e. The molecule has 0 heterocycles. The van der Waals surface area contributed by atoms with Gasteiger partial charge < -0.3 is 11.1 Å².